The summed E-state index contributed by atoms with van der Waals surface area (Å²) >= 11 is 0. The van der Waals surface area contributed by atoms with E-state index in [-0.39, 0.29) is 11.9 Å². The van der Waals surface area contributed by atoms with Gasteiger partial charge >= 0.3 is 0 Å². The van der Waals surface area contributed by atoms with Crippen LogP contribution in [0.5, 0.6) is 0 Å². The van der Waals surface area contributed by atoms with Crippen molar-refractivity contribution in [2.24, 2.45) is 11.3 Å². The second kappa shape index (κ2) is 6.51. The molecule has 2 heterocycles. The van der Waals surface area contributed by atoms with Crippen LogP contribution in [0.15, 0.2) is 4.42 Å². The van der Waals surface area contributed by atoms with E-state index < -0.39 is 0 Å². The third kappa shape index (κ3) is 3.51. The van der Waals surface area contributed by atoms with Gasteiger partial charge in [-0.2, -0.15) is 0 Å². The van der Waals surface area contributed by atoms with Gasteiger partial charge in [-0.05, 0) is 69.6 Å². The minimum Gasteiger partial charge on any atom is -0.435 e. The molecule has 1 saturated heterocycles. The average molecular weight is 332 g/mol. The fourth-order valence-electron chi connectivity index (χ4n) is 4.25. The molecule has 1 amide bonds. The van der Waals surface area contributed by atoms with Gasteiger partial charge in [0.1, 0.15) is 0 Å². The van der Waals surface area contributed by atoms with Gasteiger partial charge in [0.15, 0.2) is 5.89 Å². The zero-order chi connectivity index (χ0) is 16.6. The SMILES string of the molecule is Cc1nc(CC2CC2)oc1C(=O)NC1CCC2(CCOCC2)CC1. The highest BCUT2D eigenvalue weighted by Gasteiger charge is 2.37. The maximum atomic E-state index is 12.6. The molecule has 0 radical (unpaired) electrons. The summed E-state index contributed by atoms with van der Waals surface area (Å²) in [4.78, 5) is 17.0. The predicted octanol–water partition coefficient (Wildman–Crippen LogP) is 3.40. The lowest BCUT2D eigenvalue weighted by atomic mass is 9.68. The van der Waals surface area contributed by atoms with Crippen LogP contribution in [0.4, 0.5) is 0 Å². The van der Waals surface area contributed by atoms with Crippen LogP contribution < -0.4 is 5.32 Å². The van der Waals surface area contributed by atoms with Crippen molar-refractivity contribution in [3.63, 3.8) is 0 Å². The van der Waals surface area contributed by atoms with Crippen molar-refractivity contribution in [1.29, 1.82) is 0 Å². The van der Waals surface area contributed by atoms with Crippen LogP contribution in [0, 0.1) is 18.3 Å². The molecule has 4 rings (SSSR count). The van der Waals surface area contributed by atoms with Gasteiger partial charge in [-0.15, -0.1) is 0 Å². The number of amides is 1. The molecule has 3 fully saturated rings. The number of nitrogens with one attached hydrogen (secondary N) is 1. The monoisotopic (exact) mass is 332 g/mol. The number of aryl methyl sites for hydroxylation is 1. The van der Waals surface area contributed by atoms with Crippen molar-refractivity contribution in [2.45, 2.75) is 70.8 Å². The number of oxazole rings is 1. The molecule has 0 unspecified atom stereocenters. The van der Waals surface area contributed by atoms with E-state index in [2.05, 4.69) is 10.3 Å². The minimum absolute atomic E-state index is 0.0880. The van der Waals surface area contributed by atoms with Crippen LogP contribution >= 0.6 is 0 Å². The van der Waals surface area contributed by atoms with Crippen molar-refractivity contribution < 1.29 is 13.9 Å². The van der Waals surface area contributed by atoms with Gasteiger partial charge in [0.25, 0.3) is 5.91 Å². The van der Waals surface area contributed by atoms with Crippen molar-refractivity contribution in [2.75, 3.05) is 13.2 Å². The molecule has 1 N–H and O–H groups in total. The highest BCUT2D eigenvalue weighted by Crippen LogP contribution is 2.44. The van der Waals surface area contributed by atoms with E-state index in [9.17, 15) is 4.79 Å². The number of carbonyl (C=O) groups excluding carboxylic acids is 1. The smallest absolute Gasteiger partial charge is 0.289 e. The molecule has 1 spiro atoms. The Morgan fingerprint density at radius 1 is 1.17 bits per heavy atom. The summed E-state index contributed by atoms with van der Waals surface area (Å²) in [5, 5.41) is 3.18. The van der Waals surface area contributed by atoms with Crippen LogP contribution in [0.2, 0.25) is 0 Å². The van der Waals surface area contributed by atoms with Crippen LogP contribution in [0.3, 0.4) is 0 Å². The molecule has 2 saturated carbocycles. The van der Waals surface area contributed by atoms with Crippen LogP contribution in [0.25, 0.3) is 0 Å². The van der Waals surface area contributed by atoms with Crippen LogP contribution in [-0.4, -0.2) is 30.1 Å². The van der Waals surface area contributed by atoms with E-state index in [0.29, 0.717) is 17.1 Å². The molecule has 0 bridgehead atoms. The third-order valence-electron chi connectivity index (χ3n) is 6.14. The second-order valence-corrected chi connectivity index (χ2v) is 8.03. The number of hydrogen-bond donors (Lipinski definition) is 1. The molecule has 132 valence electrons. The highest BCUT2D eigenvalue weighted by atomic mass is 16.5. The van der Waals surface area contributed by atoms with Gasteiger partial charge in [-0.25, -0.2) is 4.98 Å². The van der Waals surface area contributed by atoms with Crippen molar-refractivity contribution in [3.05, 3.63) is 17.3 Å². The quantitative estimate of drug-likeness (QED) is 0.918. The van der Waals surface area contributed by atoms with Gasteiger partial charge in [0.2, 0.25) is 5.76 Å². The standard InChI is InChI=1S/C19H28N2O3/c1-13-17(24-16(20-13)12-14-2-3-14)18(22)21-15-4-6-19(7-5-15)8-10-23-11-9-19/h14-15H,2-12H2,1H3,(H,21,22). The normalized spacial score (nSPS) is 24.2. The van der Waals surface area contributed by atoms with Gasteiger partial charge in [-0.1, -0.05) is 0 Å². The van der Waals surface area contributed by atoms with Gasteiger partial charge < -0.3 is 14.5 Å². The summed E-state index contributed by atoms with van der Waals surface area (Å²) in [6.07, 6.45) is 10.3. The molecule has 0 aromatic carbocycles. The Hall–Kier alpha value is -1.36. The van der Waals surface area contributed by atoms with E-state index in [4.69, 9.17) is 9.15 Å². The third-order valence-corrected chi connectivity index (χ3v) is 6.14. The number of aromatic nitrogens is 1. The van der Waals surface area contributed by atoms with E-state index in [1.54, 1.807) is 0 Å². The molecular weight excluding hydrogens is 304 g/mol. The Bertz CT molecular complexity index is 590. The molecule has 3 aliphatic rings. The first-order valence-corrected chi connectivity index (χ1v) is 9.48. The topological polar surface area (TPSA) is 64.4 Å². The molecule has 24 heavy (non-hydrogen) atoms. The lowest BCUT2D eigenvalue weighted by Crippen LogP contribution is -2.42. The van der Waals surface area contributed by atoms with Gasteiger partial charge in [-0.3, -0.25) is 4.79 Å². The van der Waals surface area contributed by atoms with Crippen molar-refractivity contribution >= 4 is 5.91 Å². The van der Waals surface area contributed by atoms with Crippen LogP contribution in [0.1, 0.15) is 73.5 Å². The summed E-state index contributed by atoms with van der Waals surface area (Å²) in [7, 11) is 0. The van der Waals surface area contributed by atoms with E-state index in [1.165, 1.54) is 38.5 Å². The molecule has 5 nitrogen and oxygen atoms in total. The molecular formula is C19H28N2O3. The molecule has 5 heteroatoms. The van der Waals surface area contributed by atoms with E-state index >= 15 is 0 Å². The largest absolute Gasteiger partial charge is 0.435 e. The van der Waals surface area contributed by atoms with E-state index in [0.717, 1.165) is 44.1 Å². The minimum atomic E-state index is -0.0880. The first-order chi connectivity index (χ1) is 11.6. The summed E-state index contributed by atoms with van der Waals surface area (Å²) in [5.74, 6) is 1.77. The summed E-state index contributed by atoms with van der Waals surface area (Å²) in [5.41, 5.74) is 1.19. The van der Waals surface area contributed by atoms with Crippen molar-refractivity contribution in [1.82, 2.24) is 10.3 Å². The number of carbonyl (C=O) groups is 1. The number of hydrogen-bond acceptors (Lipinski definition) is 4. The molecule has 2 aliphatic carbocycles. The van der Waals surface area contributed by atoms with Gasteiger partial charge in [0.05, 0.1) is 5.69 Å². The average Bonchev–Trinajstić information content (AvgIpc) is 3.31. The lowest BCUT2D eigenvalue weighted by Gasteiger charge is -2.42. The van der Waals surface area contributed by atoms with Crippen LogP contribution in [-0.2, 0) is 11.2 Å². The molecule has 0 atom stereocenters. The summed E-state index contributed by atoms with van der Waals surface area (Å²) < 4.78 is 11.2. The Morgan fingerprint density at radius 2 is 1.88 bits per heavy atom. The summed E-state index contributed by atoms with van der Waals surface area (Å²) in [6.45, 7) is 3.67. The number of nitrogens with zero attached hydrogens (tertiary/aromatic N) is 1. The molecule has 1 aromatic rings. The van der Waals surface area contributed by atoms with Gasteiger partial charge in [0, 0.05) is 25.7 Å². The first-order valence-electron chi connectivity index (χ1n) is 9.48. The maximum absolute atomic E-state index is 12.6. The Labute approximate surface area is 143 Å². The first kappa shape index (κ1) is 16.1. The highest BCUT2D eigenvalue weighted by molar-refractivity contribution is 5.92. The molecule has 1 aromatic heterocycles. The predicted molar refractivity (Wildman–Crippen MR) is 89.9 cm³/mol. The maximum Gasteiger partial charge on any atom is 0.289 e. The van der Waals surface area contributed by atoms with Crippen molar-refractivity contribution in [3.8, 4) is 0 Å². The lowest BCUT2D eigenvalue weighted by molar-refractivity contribution is -0.00907. The summed E-state index contributed by atoms with van der Waals surface area (Å²) in [6, 6.07) is 0.266. The fraction of sp³-hybridized carbons (Fsp3) is 0.789. The second-order valence-electron chi connectivity index (χ2n) is 8.03. The Morgan fingerprint density at radius 3 is 2.54 bits per heavy atom. The zero-order valence-corrected chi connectivity index (χ0v) is 14.6. The zero-order valence-electron chi connectivity index (χ0n) is 14.6. The number of ether oxygens (including phenoxy) is 1. The molecule has 1 aliphatic heterocycles. The fourth-order valence-corrected chi connectivity index (χ4v) is 4.25. The van der Waals surface area contributed by atoms with E-state index in [1.807, 2.05) is 6.92 Å². The Kier molecular flexibility index (Phi) is 4.37. The number of rotatable bonds is 4. The Balaban J connectivity index is 1.32.